The molecule has 5 nitrogen and oxygen atoms in total. The molecule has 2 heterocycles. The number of hydrogen-bond donors (Lipinski definition) is 1. The number of guanidine groups is 1. The van der Waals surface area contributed by atoms with E-state index in [0.717, 1.165) is 65.0 Å². The molecule has 0 amide bonds. The Morgan fingerprint density at radius 3 is 2.59 bits per heavy atom. The summed E-state index contributed by atoms with van der Waals surface area (Å²) < 4.78 is 5.41. The molecule has 0 radical (unpaired) electrons. The average molecular weight is 310 g/mol. The zero-order chi connectivity index (χ0) is 16.0. The topological polar surface area (TPSA) is 40.1 Å². The van der Waals surface area contributed by atoms with Crippen molar-refractivity contribution >= 4 is 5.96 Å². The molecule has 0 spiro atoms. The highest BCUT2D eigenvalue weighted by molar-refractivity contribution is 5.80. The number of hydrogen-bond acceptors (Lipinski definition) is 3. The van der Waals surface area contributed by atoms with Crippen molar-refractivity contribution in [1.29, 1.82) is 0 Å². The van der Waals surface area contributed by atoms with Gasteiger partial charge in [0.2, 0.25) is 0 Å². The zero-order valence-electron chi connectivity index (χ0n) is 14.9. The maximum absolute atomic E-state index is 5.41. The quantitative estimate of drug-likeness (QED) is 0.619. The van der Waals surface area contributed by atoms with E-state index in [2.05, 4.69) is 42.8 Å². The Balaban J connectivity index is 1.83. The normalized spacial score (nSPS) is 24.5. The molecule has 0 bridgehead atoms. The summed E-state index contributed by atoms with van der Waals surface area (Å²) in [5.74, 6) is 1.68. The highest BCUT2D eigenvalue weighted by Crippen LogP contribution is 2.28. The molecule has 0 aromatic heterocycles. The van der Waals surface area contributed by atoms with Gasteiger partial charge in [0.05, 0.1) is 13.2 Å². The van der Waals surface area contributed by atoms with Crippen LogP contribution in [0.5, 0.6) is 0 Å². The minimum absolute atomic E-state index is 0.412. The van der Waals surface area contributed by atoms with Crippen molar-refractivity contribution in [3.63, 3.8) is 0 Å². The van der Waals surface area contributed by atoms with Gasteiger partial charge in [0.1, 0.15) is 0 Å². The molecule has 2 aliphatic heterocycles. The first-order valence-corrected chi connectivity index (χ1v) is 8.83. The van der Waals surface area contributed by atoms with Gasteiger partial charge in [0.25, 0.3) is 0 Å². The molecule has 1 atom stereocenters. The second kappa shape index (κ2) is 8.16. The fourth-order valence-electron chi connectivity index (χ4n) is 3.24. The molecule has 128 valence electrons. The fourth-order valence-corrected chi connectivity index (χ4v) is 3.24. The van der Waals surface area contributed by atoms with Gasteiger partial charge in [-0.25, -0.2) is 0 Å². The van der Waals surface area contributed by atoms with E-state index in [1.165, 1.54) is 6.42 Å². The van der Waals surface area contributed by atoms with E-state index in [4.69, 9.17) is 9.73 Å². The zero-order valence-corrected chi connectivity index (χ0v) is 14.9. The van der Waals surface area contributed by atoms with E-state index in [1.807, 2.05) is 0 Å². The van der Waals surface area contributed by atoms with Crippen molar-refractivity contribution in [2.45, 2.75) is 34.1 Å². The first-order valence-electron chi connectivity index (χ1n) is 8.83. The smallest absolute Gasteiger partial charge is 0.193 e. The van der Waals surface area contributed by atoms with Crippen LogP contribution in [0.25, 0.3) is 0 Å². The minimum Gasteiger partial charge on any atom is -0.379 e. The summed E-state index contributed by atoms with van der Waals surface area (Å²) in [5, 5.41) is 3.46. The number of nitrogens with zero attached hydrogens (tertiary/aromatic N) is 3. The molecule has 0 saturated carbocycles. The van der Waals surface area contributed by atoms with Crippen LogP contribution < -0.4 is 5.32 Å². The van der Waals surface area contributed by atoms with E-state index in [-0.39, 0.29) is 0 Å². The summed E-state index contributed by atoms with van der Waals surface area (Å²) in [7, 11) is 0. The summed E-state index contributed by atoms with van der Waals surface area (Å²) in [5.41, 5.74) is 0.412. The Morgan fingerprint density at radius 1 is 1.27 bits per heavy atom. The van der Waals surface area contributed by atoms with Crippen molar-refractivity contribution < 1.29 is 4.74 Å². The molecule has 0 aromatic carbocycles. The Hall–Kier alpha value is -0.810. The Bertz CT molecular complexity index is 364. The number of aliphatic imine (C=N–C) groups is 1. The van der Waals surface area contributed by atoms with Crippen molar-refractivity contribution in [2.24, 2.45) is 16.3 Å². The van der Waals surface area contributed by atoms with Gasteiger partial charge < -0.3 is 15.0 Å². The van der Waals surface area contributed by atoms with E-state index in [9.17, 15) is 0 Å². The first kappa shape index (κ1) is 17.5. The molecule has 2 rings (SSSR count). The molecule has 22 heavy (non-hydrogen) atoms. The van der Waals surface area contributed by atoms with E-state index in [1.54, 1.807) is 0 Å². The largest absolute Gasteiger partial charge is 0.379 e. The summed E-state index contributed by atoms with van der Waals surface area (Å²) in [4.78, 5) is 9.82. The maximum Gasteiger partial charge on any atom is 0.193 e. The van der Waals surface area contributed by atoms with Gasteiger partial charge in [-0.15, -0.1) is 0 Å². The number of rotatable bonds is 5. The van der Waals surface area contributed by atoms with Gasteiger partial charge in [-0.3, -0.25) is 9.89 Å². The molecular formula is C17H34N4O. The lowest BCUT2D eigenvalue weighted by Crippen LogP contribution is -2.42. The van der Waals surface area contributed by atoms with Gasteiger partial charge in [0, 0.05) is 45.8 Å². The predicted octanol–water partition coefficient (Wildman–Crippen LogP) is 1.65. The van der Waals surface area contributed by atoms with E-state index in [0.29, 0.717) is 11.3 Å². The number of morpholine rings is 1. The van der Waals surface area contributed by atoms with E-state index < -0.39 is 0 Å². The third kappa shape index (κ3) is 5.43. The van der Waals surface area contributed by atoms with Gasteiger partial charge in [-0.05, 0) is 24.7 Å². The van der Waals surface area contributed by atoms with Crippen LogP contribution in [0.2, 0.25) is 0 Å². The van der Waals surface area contributed by atoms with Crippen molar-refractivity contribution in [3.8, 4) is 0 Å². The standard InChI is InChI=1S/C17H34N4O/c1-5-18-16(21-7-6-17(3,4)14-21)19-12-15(2)13-20-8-10-22-11-9-20/h15H,5-14H2,1-4H3,(H,18,19). The molecule has 1 N–H and O–H groups in total. The van der Waals surface area contributed by atoms with Crippen LogP contribution in [0.3, 0.4) is 0 Å². The van der Waals surface area contributed by atoms with Crippen molar-refractivity contribution in [3.05, 3.63) is 0 Å². The van der Waals surface area contributed by atoms with Crippen LogP contribution in [-0.4, -0.2) is 74.8 Å². The SMILES string of the molecule is CCNC(=NCC(C)CN1CCOCC1)N1CCC(C)(C)C1. The second-order valence-corrected chi connectivity index (χ2v) is 7.55. The third-order valence-corrected chi connectivity index (χ3v) is 4.54. The van der Waals surface area contributed by atoms with Crippen molar-refractivity contribution in [1.82, 2.24) is 15.1 Å². The van der Waals surface area contributed by atoms with Crippen molar-refractivity contribution in [2.75, 3.05) is 59.0 Å². The first-order chi connectivity index (χ1) is 10.5. The lowest BCUT2D eigenvalue weighted by atomic mass is 9.93. The Morgan fingerprint density at radius 2 is 2.00 bits per heavy atom. The third-order valence-electron chi connectivity index (χ3n) is 4.54. The molecule has 0 aliphatic carbocycles. The monoisotopic (exact) mass is 310 g/mol. The predicted molar refractivity (Wildman–Crippen MR) is 92.4 cm³/mol. The van der Waals surface area contributed by atoms with Crippen LogP contribution in [0.4, 0.5) is 0 Å². The highest BCUT2D eigenvalue weighted by Gasteiger charge is 2.30. The molecule has 1 unspecified atom stereocenters. The highest BCUT2D eigenvalue weighted by atomic mass is 16.5. The fraction of sp³-hybridized carbons (Fsp3) is 0.941. The van der Waals surface area contributed by atoms with Gasteiger partial charge in [-0.1, -0.05) is 20.8 Å². The molecule has 2 aliphatic rings. The van der Waals surface area contributed by atoms with Gasteiger partial charge in [-0.2, -0.15) is 0 Å². The van der Waals surface area contributed by atoms with E-state index >= 15 is 0 Å². The summed E-state index contributed by atoms with van der Waals surface area (Å²) in [6, 6.07) is 0. The molecule has 5 heteroatoms. The molecule has 0 aromatic rings. The number of likely N-dealkylation sites (tertiary alicyclic amines) is 1. The number of ether oxygens (including phenoxy) is 1. The lowest BCUT2D eigenvalue weighted by Gasteiger charge is -2.29. The molecule has 2 saturated heterocycles. The Kier molecular flexibility index (Phi) is 6.50. The summed E-state index contributed by atoms with van der Waals surface area (Å²) in [6.07, 6.45) is 1.25. The minimum atomic E-state index is 0.412. The van der Waals surface area contributed by atoms with Gasteiger partial charge >= 0.3 is 0 Å². The second-order valence-electron chi connectivity index (χ2n) is 7.55. The van der Waals surface area contributed by atoms with Crippen LogP contribution >= 0.6 is 0 Å². The molecular weight excluding hydrogens is 276 g/mol. The molecule has 2 fully saturated rings. The van der Waals surface area contributed by atoms with Gasteiger partial charge in [0.15, 0.2) is 5.96 Å². The van der Waals surface area contributed by atoms with Crippen LogP contribution in [0, 0.1) is 11.3 Å². The average Bonchev–Trinajstić information content (AvgIpc) is 2.84. The van der Waals surface area contributed by atoms with Crippen LogP contribution in [0.15, 0.2) is 4.99 Å². The van der Waals surface area contributed by atoms with Crippen LogP contribution in [0.1, 0.15) is 34.1 Å². The Labute approximate surface area is 136 Å². The lowest BCUT2D eigenvalue weighted by molar-refractivity contribution is 0.0323. The van der Waals surface area contributed by atoms with Crippen LogP contribution in [-0.2, 0) is 4.74 Å². The maximum atomic E-state index is 5.41. The number of nitrogens with one attached hydrogen (secondary N) is 1. The summed E-state index contributed by atoms with van der Waals surface area (Å²) in [6.45, 7) is 18.2. The summed E-state index contributed by atoms with van der Waals surface area (Å²) >= 11 is 0.